The second-order valence-electron chi connectivity index (χ2n) is 8.40. The summed E-state index contributed by atoms with van der Waals surface area (Å²) in [6.07, 6.45) is 0. The van der Waals surface area contributed by atoms with E-state index < -0.39 is 4.92 Å². The van der Waals surface area contributed by atoms with Crippen LogP contribution < -0.4 is 5.32 Å². The van der Waals surface area contributed by atoms with E-state index in [1.54, 1.807) is 24.6 Å². The summed E-state index contributed by atoms with van der Waals surface area (Å²) < 4.78 is 3.50. The number of rotatable bonds is 7. The van der Waals surface area contributed by atoms with Gasteiger partial charge in [-0.15, -0.1) is 11.3 Å². The van der Waals surface area contributed by atoms with Crippen molar-refractivity contribution in [2.75, 3.05) is 5.32 Å². The highest BCUT2D eigenvalue weighted by atomic mass is 32.1. The Morgan fingerprint density at radius 3 is 2.35 bits per heavy atom. The minimum Gasteiger partial charge on any atom is -0.318 e. The molecule has 0 aliphatic rings. The van der Waals surface area contributed by atoms with E-state index in [0.717, 1.165) is 22.5 Å². The van der Waals surface area contributed by atoms with Crippen LogP contribution in [0.3, 0.4) is 0 Å². The zero-order valence-electron chi connectivity index (χ0n) is 19.7. The van der Waals surface area contributed by atoms with Crippen molar-refractivity contribution in [3.05, 3.63) is 90.2 Å². The van der Waals surface area contributed by atoms with E-state index in [1.165, 1.54) is 16.9 Å². The van der Waals surface area contributed by atoms with Gasteiger partial charge in [-0.05, 0) is 57.2 Å². The lowest BCUT2D eigenvalue weighted by atomic mass is 10.1. The zero-order chi connectivity index (χ0) is 24.6. The first-order valence-electron chi connectivity index (χ1n) is 10.8. The first kappa shape index (κ1) is 23.4. The predicted octanol–water partition coefficient (Wildman–Crippen LogP) is 4.94. The van der Waals surface area contributed by atoms with Crippen LogP contribution in [0.1, 0.15) is 49.1 Å². The topological polar surface area (TPSA) is 108 Å². The molecule has 9 nitrogen and oxygen atoms in total. The van der Waals surface area contributed by atoms with Crippen LogP contribution in [0.5, 0.6) is 0 Å². The standard InChI is InChI=1S/C24H26N6O3S/c1-14-7-6-8-19(9-14)11-28-17(4)22(15(2)26-28)25-24(31)21-10-20(13-34-21)12-29-18(5)23(30(32)33)16(3)27-29/h6-10,13H,11-12H2,1-5H3,(H,25,31). The predicted molar refractivity (Wildman–Crippen MR) is 132 cm³/mol. The van der Waals surface area contributed by atoms with Gasteiger partial charge >= 0.3 is 5.69 Å². The van der Waals surface area contributed by atoms with Gasteiger partial charge in [0.2, 0.25) is 0 Å². The van der Waals surface area contributed by atoms with E-state index in [-0.39, 0.29) is 11.6 Å². The van der Waals surface area contributed by atoms with Crippen molar-refractivity contribution in [1.82, 2.24) is 19.6 Å². The van der Waals surface area contributed by atoms with Crippen LogP contribution in [0, 0.1) is 44.7 Å². The molecule has 0 aliphatic heterocycles. The van der Waals surface area contributed by atoms with Crippen LogP contribution in [0.4, 0.5) is 11.4 Å². The number of benzene rings is 1. The number of hydrogen-bond donors (Lipinski definition) is 1. The summed E-state index contributed by atoms with van der Waals surface area (Å²) in [5, 5.41) is 25.0. The number of nitrogens with zero attached hydrogens (tertiary/aromatic N) is 5. The quantitative estimate of drug-likeness (QED) is 0.299. The summed E-state index contributed by atoms with van der Waals surface area (Å²) in [4.78, 5) is 24.3. The number of aryl methyl sites for hydroxylation is 3. The molecular formula is C24H26N6O3S. The Bertz CT molecular complexity index is 1400. The van der Waals surface area contributed by atoms with Crippen LogP contribution in [0.2, 0.25) is 0 Å². The van der Waals surface area contributed by atoms with Gasteiger partial charge in [-0.25, -0.2) is 0 Å². The van der Waals surface area contributed by atoms with E-state index >= 15 is 0 Å². The minimum atomic E-state index is -0.412. The van der Waals surface area contributed by atoms with Crippen molar-refractivity contribution in [2.45, 2.75) is 47.7 Å². The fraction of sp³-hybridized carbons (Fsp3) is 0.292. The Kier molecular flexibility index (Phi) is 6.34. The largest absolute Gasteiger partial charge is 0.318 e. The Morgan fingerprint density at radius 1 is 1.00 bits per heavy atom. The van der Waals surface area contributed by atoms with Crippen LogP contribution in [0.25, 0.3) is 0 Å². The second-order valence-corrected chi connectivity index (χ2v) is 9.31. The monoisotopic (exact) mass is 478 g/mol. The van der Waals surface area contributed by atoms with E-state index in [2.05, 4.69) is 40.6 Å². The zero-order valence-corrected chi connectivity index (χ0v) is 20.6. The highest BCUT2D eigenvalue weighted by Gasteiger charge is 2.22. The number of carbonyl (C=O) groups excluding carboxylic acids is 1. The molecule has 0 unspecified atom stereocenters. The van der Waals surface area contributed by atoms with Gasteiger partial charge in [0.25, 0.3) is 5.91 Å². The Balaban J connectivity index is 1.49. The molecule has 4 rings (SSSR count). The molecule has 0 radical (unpaired) electrons. The number of thiophene rings is 1. The van der Waals surface area contributed by atoms with E-state index in [4.69, 9.17) is 0 Å². The second kappa shape index (κ2) is 9.22. The smallest absolute Gasteiger partial charge is 0.312 e. The molecule has 0 saturated heterocycles. The van der Waals surface area contributed by atoms with Crippen molar-refractivity contribution >= 4 is 28.6 Å². The summed E-state index contributed by atoms with van der Waals surface area (Å²) in [7, 11) is 0. The highest BCUT2D eigenvalue weighted by Crippen LogP contribution is 2.26. The lowest BCUT2D eigenvalue weighted by Gasteiger charge is -2.07. The maximum Gasteiger partial charge on any atom is 0.312 e. The van der Waals surface area contributed by atoms with Crippen LogP contribution in [-0.4, -0.2) is 30.4 Å². The molecule has 0 bridgehead atoms. The van der Waals surface area contributed by atoms with Gasteiger partial charge < -0.3 is 5.32 Å². The first-order chi connectivity index (χ1) is 16.1. The summed E-state index contributed by atoms with van der Waals surface area (Å²) >= 11 is 1.33. The van der Waals surface area contributed by atoms with Gasteiger partial charge in [-0.3, -0.25) is 24.3 Å². The molecular weight excluding hydrogens is 452 g/mol. The maximum absolute atomic E-state index is 13.0. The van der Waals surface area contributed by atoms with Crippen LogP contribution in [-0.2, 0) is 13.1 Å². The van der Waals surface area contributed by atoms with Gasteiger partial charge in [0, 0.05) is 0 Å². The van der Waals surface area contributed by atoms with E-state index in [1.807, 2.05) is 30.0 Å². The number of carbonyl (C=O) groups is 1. The molecule has 0 aliphatic carbocycles. The Morgan fingerprint density at radius 2 is 1.68 bits per heavy atom. The van der Waals surface area contributed by atoms with Gasteiger partial charge in [0.15, 0.2) is 0 Å². The van der Waals surface area contributed by atoms with Gasteiger partial charge in [0.05, 0.1) is 40.0 Å². The fourth-order valence-electron chi connectivity index (χ4n) is 4.05. The van der Waals surface area contributed by atoms with Crippen molar-refractivity contribution in [1.29, 1.82) is 0 Å². The molecule has 10 heteroatoms. The summed E-state index contributed by atoms with van der Waals surface area (Å²) in [6, 6.07) is 10.1. The number of nitrogens with one attached hydrogen (secondary N) is 1. The van der Waals surface area contributed by atoms with E-state index in [9.17, 15) is 14.9 Å². The van der Waals surface area contributed by atoms with Crippen LogP contribution in [0.15, 0.2) is 35.7 Å². The average molecular weight is 479 g/mol. The molecule has 0 saturated carbocycles. The molecule has 3 heterocycles. The van der Waals surface area contributed by atoms with Gasteiger partial charge in [0.1, 0.15) is 11.4 Å². The number of hydrogen-bond acceptors (Lipinski definition) is 6. The average Bonchev–Trinajstić information content (AvgIpc) is 3.41. The summed E-state index contributed by atoms with van der Waals surface area (Å²) in [5.74, 6) is -0.211. The molecule has 0 fully saturated rings. The molecule has 0 atom stereocenters. The molecule has 34 heavy (non-hydrogen) atoms. The molecule has 0 spiro atoms. The number of aromatic nitrogens is 4. The number of anilines is 1. The van der Waals surface area contributed by atoms with Gasteiger partial charge in [-0.1, -0.05) is 29.8 Å². The lowest BCUT2D eigenvalue weighted by molar-refractivity contribution is -0.386. The van der Waals surface area contributed by atoms with Crippen molar-refractivity contribution in [3.8, 4) is 0 Å². The lowest BCUT2D eigenvalue weighted by Crippen LogP contribution is -2.12. The molecule has 1 N–H and O–H groups in total. The number of nitro groups is 1. The van der Waals surface area contributed by atoms with Crippen molar-refractivity contribution in [2.24, 2.45) is 0 Å². The SMILES string of the molecule is Cc1cccc(Cn2nc(C)c(NC(=O)c3cc(Cn4nc(C)c([N+](=O)[O-])c4C)cs3)c2C)c1. The fourth-order valence-corrected chi connectivity index (χ4v) is 4.84. The molecule has 3 aromatic heterocycles. The third-order valence-electron chi connectivity index (χ3n) is 5.77. The normalized spacial score (nSPS) is 11.1. The summed E-state index contributed by atoms with van der Waals surface area (Å²) in [6.45, 7) is 10.2. The molecule has 1 amide bonds. The third kappa shape index (κ3) is 4.62. The van der Waals surface area contributed by atoms with Gasteiger partial charge in [-0.2, -0.15) is 10.2 Å². The molecule has 176 valence electrons. The maximum atomic E-state index is 13.0. The van der Waals surface area contributed by atoms with Crippen molar-refractivity contribution in [3.63, 3.8) is 0 Å². The van der Waals surface area contributed by atoms with E-state index in [0.29, 0.717) is 35.0 Å². The third-order valence-corrected chi connectivity index (χ3v) is 6.75. The van der Waals surface area contributed by atoms with Crippen molar-refractivity contribution < 1.29 is 9.72 Å². The molecule has 4 aromatic rings. The van der Waals surface area contributed by atoms with Crippen LogP contribution >= 0.6 is 11.3 Å². The highest BCUT2D eigenvalue weighted by molar-refractivity contribution is 7.12. The minimum absolute atomic E-state index is 0.0295. The molecule has 1 aromatic carbocycles. The Hall–Kier alpha value is -3.79. The first-order valence-corrected chi connectivity index (χ1v) is 11.7. The summed E-state index contributed by atoms with van der Waals surface area (Å²) in [5.41, 5.74) is 6.45. The number of amides is 1. The Labute approximate surface area is 201 Å².